The molecule has 4 rings (SSSR count). The summed E-state index contributed by atoms with van der Waals surface area (Å²) in [4.78, 5) is 16.6. The number of fused-ring (bicyclic) bond motifs is 2. The maximum absolute atomic E-state index is 14.0. The number of benzene rings is 2. The molecule has 0 atom stereocenters. The van der Waals surface area contributed by atoms with E-state index in [4.69, 9.17) is 4.74 Å². The van der Waals surface area contributed by atoms with Crippen molar-refractivity contribution in [2.75, 3.05) is 20.2 Å². The third-order valence-corrected chi connectivity index (χ3v) is 5.16. The molecule has 0 radical (unpaired) electrons. The van der Waals surface area contributed by atoms with Gasteiger partial charge in [-0.1, -0.05) is 24.3 Å². The van der Waals surface area contributed by atoms with Gasteiger partial charge in [0.05, 0.1) is 7.11 Å². The lowest BCUT2D eigenvalue weighted by Crippen LogP contribution is -2.47. The monoisotopic (exact) mass is 340 g/mol. The van der Waals surface area contributed by atoms with E-state index < -0.39 is 0 Å². The van der Waals surface area contributed by atoms with Crippen molar-refractivity contribution < 1.29 is 13.9 Å². The Morgan fingerprint density at radius 1 is 0.960 bits per heavy atom. The Labute approximate surface area is 146 Å². The van der Waals surface area contributed by atoms with Gasteiger partial charge in [-0.3, -0.25) is 0 Å². The predicted octanol–water partition coefficient (Wildman–Crippen LogP) is 3.37. The highest BCUT2D eigenvalue weighted by Gasteiger charge is 2.28. The maximum atomic E-state index is 14.0. The van der Waals surface area contributed by atoms with E-state index in [1.807, 2.05) is 21.9 Å². The van der Waals surface area contributed by atoms with E-state index in [0.29, 0.717) is 19.6 Å². The first-order chi connectivity index (χ1) is 12.2. The number of carbonyl (C=O) groups is 1. The fraction of sp³-hybridized carbons (Fsp3) is 0.350. The molecule has 2 aromatic carbocycles. The number of carbonyl (C=O) groups excluding carboxylic acids is 1. The molecule has 0 fully saturated rings. The first-order valence-electron chi connectivity index (χ1n) is 8.61. The fourth-order valence-electron chi connectivity index (χ4n) is 3.74. The molecule has 130 valence electrons. The molecule has 0 bridgehead atoms. The van der Waals surface area contributed by atoms with Crippen molar-refractivity contribution in [2.24, 2.45) is 0 Å². The topological polar surface area (TPSA) is 32.8 Å². The average Bonchev–Trinajstić information content (AvgIpc) is 2.66. The lowest BCUT2D eigenvalue weighted by Gasteiger charge is -2.36. The summed E-state index contributed by atoms with van der Waals surface area (Å²) >= 11 is 0. The van der Waals surface area contributed by atoms with Gasteiger partial charge in [0.2, 0.25) is 0 Å². The third kappa shape index (κ3) is 2.95. The van der Waals surface area contributed by atoms with E-state index in [-0.39, 0.29) is 17.6 Å². The molecule has 0 saturated heterocycles. The van der Waals surface area contributed by atoms with Crippen molar-refractivity contribution in [2.45, 2.75) is 25.9 Å². The Balaban J connectivity index is 1.50. The van der Waals surface area contributed by atoms with Crippen LogP contribution in [-0.2, 0) is 25.9 Å². The first kappa shape index (κ1) is 15.9. The Bertz CT molecular complexity index is 821. The zero-order valence-electron chi connectivity index (χ0n) is 14.3. The molecule has 0 saturated carbocycles. The van der Waals surface area contributed by atoms with Gasteiger partial charge in [0, 0.05) is 26.2 Å². The maximum Gasteiger partial charge on any atom is 0.320 e. The van der Waals surface area contributed by atoms with Crippen molar-refractivity contribution in [3.8, 4) is 5.75 Å². The van der Waals surface area contributed by atoms with E-state index in [9.17, 15) is 9.18 Å². The van der Waals surface area contributed by atoms with Crippen LogP contribution in [0.2, 0.25) is 0 Å². The van der Waals surface area contributed by atoms with Gasteiger partial charge in [0.1, 0.15) is 0 Å². The number of urea groups is 1. The summed E-state index contributed by atoms with van der Waals surface area (Å²) in [6, 6.07) is 11.6. The molecule has 2 aromatic rings. The van der Waals surface area contributed by atoms with Crippen LogP contribution in [0, 0.1) is 5.82 Å². The predicted molar refractivity (Wildman–Crippen MR) is 93.0 cm³/mol. The molecule has 0 aromatic heterocycles. The number of halogens is 1. The zero-order valence-corrected chi connectivity index (χ0v) is 14.3. The standard InChI is InChI=1S/C20H21FN2O2/c1-25-19-11-15-7-9-23(13-17(15)10-18(19)21)20(24)22-8-6-14-4-2-3-5-16(14)12-22/h2-5,10-11H,6-9,12-13H2,1H3. The largest absolute Gasteiger partial charge is 0.494 e. The van der Waals surface area contributed by atoms with Crippen LogP contribution in [0.5, 0.6) is 5.75 Å². The number of methoxy groups -OCH3 is 1. The van der Waals surface area contributed by atoms with Gasteiger partial charge in [-0.05, 0) is 47.2 Å². The Morgan fingerprint density at radius 2 is 1.60 bits per heavy atom. The Morgan fingerprint density at radius 3 is 2.32 bits per heavy atom. The van der Waals surface area contributed by atoms with Crippen molar-refractivity contribution >= 4 is 6.03 Å². The lowest BCUT2D eigenvalue weighted by molar-refractivity contribution is 0.142. The summed E-state index contributed by atoms with van der Waals surface area (Å²) in [6.07, 6.45) is 1.61. The van der Waals surface area contributed by atoms with Crippen LogP contribution >= 0.6 is 0 Å². The number of ether oxygens (including phenoxy) is 1. The number of rotatable bonds is 1. The molecule has 0 unspecified atom stereocenters. The molecule has 2 aliphatic rings. The minimum Gasteiger partial charge on any atom is -0.494 e. The molecule has 0 spiro atoms. The molecule has 0 aliphatic carbocycles. The minimum absolute atomic E-state index is 0.0383. The summed E-state index contributed by atoms with van der Waals surface area (Å²) in [5.41, 5.74) is 4.47. The van der Waals surface area contributed by atoms with Gasteiger partial charge in [0.25, 0.3) is 0 Å². The van der Waals surface area contributed by atoms with Crippen molar-refractivity contribution in [1.29, 1.82) is 0 Å². The van der Waals surface area contributed by atoms with Crippen LogP contribution in [0.15, 0.2) is 36.4 Å². The van der Waals surface area contributed by atoms with Crippen LogP contribution in [0.1, 0.15) is 22.3 Å². The summed E-state index contributed by atoms with van der Waals surface area (Å²) < 4.78 is 19.0. The van der Waals surface area contributed by atoms with Gasteiger partial charge >= 0.3 is 6.03 Å². The lowest BCUT2D eigenvalue weighted by atomic mass is 9.98. The molecular formula is C20H21FN2O2. The van der Waals surface area contributed by atoms with Crippen LogP contribution in [0.4, 0.5) is 9.18 Å². The summed E-state index contributed by atoms with van der Waals surface area (Å²) in [5.74, 6) is -0.103. The number of nitrogens with zero attached hydrogens (tertiary/aromatic N) is 2. The second kappa shape index (κ2) is 6.39. The van der Waals surface area contributed by atoms with Crippen molar-refractivity contribution in [1.82, 2.24) is 9.80 Å². The third-order valence-electron chi connectivity index (χ3n) is 5.16. The van der Waals surface area contributed by atoms with Gasteiger partial charge in [-0.2, -0.15) is 0 Å². The van der Waals surface area contributed by atoms with E-state index in [0.717, 1.165) is 30.5 Å². The second-order valence-electron chi connectivity index (χ2n) is 6.65. The summed E-state index contributed by atoms with van der Waals surface area (Å²) in [5, 5.41) is 0. The zero-order chi connectivity index (χ0) is 17.4. The second-order valence-corrected chi connectivity index (χ2v) is 6.65. The van der Waals surface area contributed by atoms with E-state index in [2.05, 4.69) is 12.1 Å². The molecule has 2 amide bonds. The number of hydrogen-bond acceptors (Lipinski definition) is 2. The molecule has 0 N–H and O–H groups in total. The molecule has 25 heavy (non-hydrogen) atoms. The Hall–Kier alpha value is -2.56. The summed E-state index contributed by atoms with van der Waals surface area (Å²) in [7, 11) is 1.47. The van der Waals surface area contributed by atoms with Gasteiger partial charge in [-0.15, -0.1) is 0 Å². The first-order valence-corrected chi connectivity index (χ1v) is 8.61. The molecule has 5 heteroatoms. The van der Waals surface area contributed by atoms with Crippen LogP contribution in [0.25, 0.3) is 0 Å². The van der Waals surface area contributed by atoms with Crippen LogP contribution in [0.3, 0.4) is 0 Å². The highest BCUT2D eigenvalue weighted by Crippen LogP contribution is 2.28. The van der Waals surface area contributed by atoms with Gasteiger partial charge in [0.15, 0.2) is 11.6 Å². The summed E-state index contributed by atoms with van der Waals surface area (Å²) in [6.45, 7) is 2.48. The van der Waals surface area contributed by atoms with Crippen LogP contribution in [-0.4, -0.2) is 36.0 Å². The SMILES string of the molecule is COc1cc2c(cc1F)CN(C(=O)N1CCc3ccccc3C1)CC2. The highest BCUT2D eigenvalue weighted by atomic mass is 19.1. The number of hydrogen-bond donors (Lipinski definition) is 0. The molecule has 2 aliphatic heterocycles. The van der Waals surface area contributed by atoms with Crippen molar-refractivity contribution in [3.05, 3.63) is 64.5 Å². The van der Waals surface area contributed by atoms with Gasteiger partial charge < -0.3 is 14.5 Å². The smallest absolute Gasteiger partial charge is 0.320 e. The van der Waals surface area contributed by atoms with Gasteiger partial charge in [-0.25, -0.2) is 9.18 Å². The highest BCUT2D eigenvalue weighted by molar-refractivity contribution is 5.75. The fourth-order valence-corrected chi connectivity index (χ4v) is 3.74. The van der Waals surface area contributed by atoms with E-state index >= 15 is 0 Å². The molecule has 2 heterocycles. The minimum atomic E-state index is -0.373. The average molecular weight is 340 g/mol. The van der Waals surface area contributed by atoms with Crippen molar-refractivity contribution in [3.63, 3.8) is 0 Å². The quantitative estimate of drug-likeness (QED) is 0.797. The Kier molecular flexibility index (Phi) is 4.07. The van der Waals surface area contributed by atoms with E-state index in [1.54, 1.807) is 6.07 Å². The number of amides is 2. The van der Waals surface area contributed by atoms with E-state index in [1.165, 1.54) is 24.3 Å². The molecular weight excluding hydrogens is 319 g/mol. The normalized spacial score (nSPS) is 16.2. The van der Waals surface area contributed by atoms with Crippen LogP contribution < -0.4 is 4.74 Å². The molecule has 4 nitrogen and oxygen atoms in total.